The Bertz CT molecular complexity index is 965. The van der Waals surface area contributed by atoms with Gasteiger partial charge in [-0.2, -0.15) is 15.0 Å². The topological polar surface area (TPSA) is 114 Å². The van der Waals surface area contributed by atoms with E-state index in [2.05, 4.69) is 30.6 Å². The van der Waals surface area contributed by atoms with Gasteiger partial charge in [-0.05, 0) is 60.3 Å². The van der Waals surface area contributed by atoms with E-state index in [0.717, 1.165) is 46.7 Å². The molecule has 0 amide bonds. The lowest BCUT2D eigenvalue weighted by molar-refractivity contribution is 0.399. The molecule has 9 nitrogen and oxygen atoms in total. The van der Waals surface area contributed by atoms with Crippen molar-refractivity contribution in [3.05, 3.63) is 48.5 Å². The molecule has 4 rings (SSSR count). The number of ether oxygens (including phenoxy) is 2. The molecule has 32 heavy (non-hydrogen) atoms. The average molecular weight is 473 g/mol. The highest BCUT2D eigenvalue weighted by Crippen LogP contribution is 2.29. The lowest BCUT2D eigenvalue weighted by atomic mass is 10.3. The maximum Gasteiger partial charge on any atom is 0.233 e. The molecule has 0 spiro atoms. The molecule has 0 radical (unpaired) electrons. The number of thioether (sulfide) groups is 2. The smallest absolute Gasteiger partial charge is 0.233 e. The van der Waals surface area contributed by atoms with Crippen molar-refractivity contribution in [3.63, 3.8) is 0 Å². The summed E-state index contributed by atoms with van der Waals surface area (Å²) in [4.78, 5) is 18.1. The van der Waals surface area contributed by atoms with Crippen LogP contribution in [0.25, 0.3) is 0 Å². The molecule has 2 aromatic carbocycles. The molecule has 168 valence electrons. The number of anilines is 4. The normalized spacial score (nSPS) is 12.3. The number of methoxy groups -OCH3 is 2. The lowest BCUT2D eigenvalue weighted by Gasteiger charge is -2.11. The number of aliphatic imine (C=N–C) groups is 1. The molecule has 1 aliphatic rings. The summed E-state index contributed by atoms with van der Waals surface area (Å²) in [5, 5.41) is 14.0. The van der Waals surface area contributed by atoms with Gasteiger partial charge in [-0.3, -0.25) is 4.99 Å². The van der Waals surface area contributed by atoms with Crippen molar-refractivity contribution < 1.29 is 14.6 Å². The summed E-state index contributed by atoms with van der Waals surface area (Å²) in [6.07, 6.45) is 0. The van der Waals surface area contributed by atoms with E-state index in [-0.39, 0.29) is 0 Å². The first-order valence-corrected chi connectivity index (χ1v) is 11.4. The molecule has 0 aliphatic carbocycles. The minimum absolute atomic E-state index is 0.442. The first-order valence-electron chi connectivity index (χ1n) is 9.60. The number of aliphatic hydroxyl groups is 1. The van der Waals surface area contributed by atoms with Gasteiger partial charge in [-0.25, -0.2) is 0 Å². The van der Waals surface area contributed by atoms with Crippen LogP contribution in [0, 0.1) is 0 Å². The predicted molar refractivity (Wildman–Crippen MR) is 131 cm³/mol. The van der Waals surface area contributed by atoms with E-state index in [0.29, 0.717) is 17.1 Å². The fourth-order valence-corrected chi connectivity index (χ4v) is 4.40. The third-order valence-corrected chi connectivity index (χ3v) is 6.08. The van der Waals surface area contributed by atoms with Crippen LogP contribution in [-0.2, 0) is 0 Å². The van der Waals surface area contributed by atoms with Crippen molar-refractivity contribution in [1.29, 1.82) is 0 Å². The van der Waals surface area contributed by atoms with Crippen LogP contribution in [0.1, 0.15) is 0 Å². The second-order valence-electron chi connectivity index (χ2n) is 6.07. The van der Waals surface area contributed by atoms with Gasteiger partial charge in [0.25, 0.3) is 0 Å². The zero-order valence-electron chi connectivity index (χ0n) is 17.9. The molecule has 0 saturated carbocycles. The van der Waals surface area contributed by atoms with E-state index in [1.54, 1.807) is 26.0 Å². The minimum atomic E-state index is 0.442. The van der Waals surface area contributed by atoms with Crippen LogP contribution < -0.4 is 20.1 Å². The second-order valence-corrected chi connectivity index (χ2v) is 8.37. The van der Waals surface area contributed by atoms with Crippen LogP contribution in [0.15, 0.2) is 58.7 Å². The minimum Gasteiger partial charge on any atom is -0.497 e. The Balaban J connectivity index is 0.00000141. The molecular formula is C21H24N6O3S2. The summed E-state index contributed by atoms with van der Waals surface area (Å²) in [6.45, 7) is 0.825. The van der Waals surface area contributed by atoms with Gasteiger partial charge in [-0.1, -0.05) is 11.8 Å². The fourth-order valence-electron chi connectivity index (χ4n) is 2.58. The number of rotatable bonds is 7. The summed E-state index contributed by atoms with van der Waals surface area (Å²) in [5.74, 6) is 3.44. The van der Waals surface area contributed by atoms with Gasteiger partial charge < -0.3 is 25.2 Å². The summed E-state index contributed by atoms with van der Waals surface area (Å²) >= 11 is 3.15. The van der Waals surface area contributed by atoms with Gasteiger partial charge in [-0.15, -0.1) is 0 Å². The van der Waals surface area contributed by atoms with Crippen molar-refractivity contribution in [1.82, 2.24) is 15.0 Å². The monoisotopic (exact) mass is 472 g/mol. The number of aromatic nitrogens is 3. The molecule has 11 heteroatoms. The number of nitrogens with zero attached hydrogens (tertiary/aromatic N) is 4. The van der Waals surface area contributed by atoms with E-state index in [4.69, 9.17) is 14.6 Å². The molecule has 0 atom stereocenters. The molecular weight excluding hydrogens is 448 g/mol. The Labute approximate surface area is 195 Å². The molecule has 0 fully saturated rings. The Hall–Kier alpha value is -3.02. The highest BCUT2D eigenvalue weighted by molar-refractivity contribution is 8.39. The number of aliphatic hydroxyl groups excluding tert-OH is 1. The van der Waals surface area contributed by atoms with E-state index in [1.807, 2.05) is 48.5 Å². The summed E-state index contributed by atoms with van der Waals surface area (Å²) in [6, 6.07) is 15.1. The fraction of sp³-hybridized carbons (Fsp3) is 0.238. The van der Waals surface area contributed by atoms with Gasteiger partial charge in [0.2, 0.25) is 17.1 Å². The number of hydrogen-bond donors (Lipinski definition) is 3. The van der Waals surface area contributed by atoms with Crippen molar-refractivity contribution in [2.75, 3.05) is 44.3 Å². The van der Waals surface area contributed by atoms with Crippen LogP contribution >= 0.6 is 23.5 Å². The second kappa shape index (κ2) is 12.1. The van der Waals surface area contributed by atoms with Gasteiger partial charge in [0, 0.05) is 24.2 Å². The zero-order valence-corrected chi connectivity index (χ0v) is 19.5. The average Bonchev–Trinajstić information content (AvgIpc) is 3.34. The number of benzene rings is 2. The van der Waals surface area contributed by atoms with Gasteiger partial charge in [0.15, 0.2) is 0 Å². The van der Waals surface area contributed by atoms with Crippen molar-refractivity contribution in [2.45, 2.75) is 5.16 Å². The largest absolute Gasteiger partial charge is 0.497 e. The maximum absolute atomic E-state index is 7.00. The molecule has 0 unspecified atom stereocenters. The SMILES string of the molecule is CO.COc1ccc(Nc2nc(Nc3ccc(OC)cc3)nc(SC3=NCCS3)n2)cc1. The molecule has 3 N–H and O–H groups in total. The van der Waals surface area contributed by atoms with E-state index in [9.17, 15) is 0 Å². The highest BCUT2D eigenvalue weighted by Gasteiger charge is 2.14. The molecule has 3 aromatic rings. The van der Waals surface area contributed by atoms with E-state index in [1.165, 1.54) is 11.8 Å². The van der Waals surface area contributed by atoms with Crippen LogP contribution in [-0.4, -0.2) is 58.1 Å². The Kier molecular flexibility index (Phi) is 8.96. The summed E-state index contributed by atoms with van der Waals surface area (Å²) < 4.78 is 11.4. The number of hydrogen-bond acceptors (Lipinski definition) is 11. The highest BCUT2D eigenvalue weighted by atomic mass is 32.2. The van der Waals surface area contributed by atoms with Crippen LogP contribution in [0.3, 0.4) is 0 Å². The Morgan fingerprint density at radius 3 is 1.72 bits per heavy atom. The lowest BCUT2D eigenvalue weighted by Crippen LogP contribution is -2.05. The van der Waals surface area contributed by atoms with Crippen LogP contribution in [0.5, 0.6) is 11.5 Å². The van der Waals surface area contributed by atoms with Crippen molar-refractivity contribution >= 4 is 51.2 Å². The van der Waals surface area contributed by atoms with Gasteiger partial charge >= 0.3 is 0 Å². The van der Waals surface area contributed by atoms with Crippen molar-refractivity contribution in [3.8, 4) is 11.5 Å². The van der Waals surface area contributed by atoms with Crippen LogP contribution in [0.2, 0.25) is 0 Å². The molecule has 0 bridgehead atoms. The number of nitrogens with one attached hydrogen (secondary N) is 2. The third-order valence-electron chi connectivity index (χ3n) is 4.04. The Morgan fingerprint density at radius 1 is 0.812 bits per heavy atom. The van der Waals surface area contributed by atoms with Crippen molar-refractivity contribution in [2.24, 2.45) is 4.99 Å². The van der Waals surface area contributed by atoms with Crippen LogP contribution in [0.4, 0.5) is 23.3 Å². The Morgan fingerprint density at radius 2 is 1.31 bits per heavy atom. The van der Waals surface area contributed by atoms with Gasteiger partial charge in [0.05, 0.1) is 20.8 Å². The van der Waals surface area contributed by atoms with E-state index >= 15 is 0 Å². The quantitative estimate of drug-likeness (QED) is 0.463. The predicted octanol–water partition coefficient (Wildman–Crippen LogP) is 4.18. The zero-order chi connectivity index (χ0) is 22.8. The molecule has 1 aromatic heterocycles. The standard InChI is InChI=1S/C20H20N6O2S2.CH4O/c1-27-15-7-3-13(4-8-15)22-17-24-18(23-14-5-9-16(28-2)10-6-14)26-19(25-17)30-20-21-11-12-29-20;1-2/h3-10H,11-12H2,1-2H3,(H2,22,23,24,25,26);2H,1H3. The summed E-state index contributed by atoms with van der Waals surface area (Å²) in [5.41, 5.74) is 1.70. The van der Waals surface area contributed by atoms with Gasteiger partial charge in [0.1, 0.15) is 15.9 Å². The summed E-state index contributed by atoms with van der Waals surface area (Å²) in [7, 11) is 4.28. The first-order chi connectivity index (χ1) is 15.7. The van der Waals surface area contributed by atoms with E-state index < -0.39 is 0 Å². The first kappa shape index (κ1) is 23.6. The maximum atomic E-state index is 7.00. The molecule has 0 saturated heterocycles. The molecule has 2 heterocycles. The molecule has 1 aliphatic heterocycles. The third kappa shape index (κ3) is 6.74.